The molecule has 2 rings (SSSR count). The molecule has 3 N–H and O–H groups in total. The molecule has 1 saturated carbocycles. The van der Waals surface area contributed by atoms with Gasteiger partial charge >= 0.3 is 0 Å². The van der Waals surface area contributed by atoms with E-state index in [1.807, 2.05) is 0 Å². The molecule has 1 fully saturated rings. The van der Waals surface area contributed by atoms with Crippen molar-refractivity contribution in [2.24, 2.45) is 11.1 Å². The van der Waals surface area contributed by atoms with Crippen LogP contribution in [0.1, 0.15) is 51.0 Å². The average Bonchev–Trinajstić information content (AvgIpc) is 3.15. The fourth-order valence-corrected chi connectivity index (χ4v) is 2.86. The number of rotatable bonds is 8. The van der Waals surface area contributed by atoms with Gasteiger partial charge < -0.3 is 11.1 Å². The minimum Gasteiger partial charge on any atom is -0.330 e. The van der Waals surface area contributed by atoms with E-state index in [9.17, 15) is 0 Å². The van der Waals surface area contributed by atoms with Gasteiger partial charge in [-0.2, -0.15) is 0 Å². The van der Waals surface area contributed by atoms with Gasteiger partial charge in [0.1, 0.15) is 0 Å². The summed E-state index contributed by atoms with van der Waals surface area (Å²) in [5, 5.41) is 3.69. The highest BCUT2D eigenvalue weighted by Gasteiger charge is 2.37. The fraction of sp³-hybridized carbons (Fsp3) is 0.647. The van der Waals surface area contributed by atoms with Gasteiger partial charge in [0.15, 0.2) is 0 Å². The van der Waals surface area contributed by atoms with Crippen molar-refractivity contribution < 1.29 is 0 Å². The smallest absolute Gasteiger partial charge is 0.0143 e. The average molecular weight is 260 g/mol. The normalized spacial score (nSPS) is 22.5. The molecule has 0 amide bonds. The van der Waals surface area contributed by atoms with Crippen LogP contribution in [0.15, 0.2) is 30.3 Å². The fourth-order valence-electron chi connectivity index (χ4n) is 2.86. The van der Waals surface area contributed by atoms with Crippen molar-refractivity contribution in [2.45, 2.75) is 51.5 Å². The van der Waals surface area contributed by atoms with Crippen LogP contribution in [0.25, 0.3) is 0 Å². The Labute approximate surface area is 117 Å². The SMILES string of the molecule is CC(C)(CCN)CCCNC1CC1c1ccccc1. The van der Waals surface area contributed by atoms with Crippen LogP contribution in [-0.4, -0.2) is 19.1 Å². The maximum Gasteiger partial charge on any atom is 0.0143 e. The highest BCUT2D eigenvalue weighted by Crippen LogP contribution is 2.40. The summed E-state index contributed by atoms with van der Waals surface area (Å²) >= 11 is 0. The summed E-state index contributed by atoms with van der Waals surface area (Å²) in [6.07, 6.45) is 4.95. The van der Waals surface area contributed by atoms with Crippen molar-refractivity contribution in [3.05, 3.63) is 35.9 Å². The Morgan fingerprint density at radius 2 is 1.95 bits per heavy atom. The monoisotopic (exact) mass is 260 g/mol. The van der Waals surface area contributed by atoms with Gasteiger partial charge in [0.05, 0.1) is 0 Å². The quantitative estimate of drug-likeness (QED) is 0.704. The Bertz CT molecular complexity index is 372. The molecule has 106 valence electrons. The van der Waals surface area contributed by atoms with Crippen LogP contribution in [0.4, 0.5) is 0 Å². The van der Waals surface area contributed by atoms with Gasteiger partial charge in [-0.05, 0) is 49.8 Å². The summed E-state index contributed by atoms with van der Waals surface area (Å²) in [5.41, 5.74) is 7.53. The zero-order valence-electron chi connectivity index (χ0n) is 12.4. The molecule has 2 nitrogen and oxygen atoms in total. The van der Waals surface area contributed by atoms with Gasteiger partial charge in [0, 0.05) is 12.0 Å². The summed E-state index contributed by atoms with van der Waals surface area (Å²) in [6, 6.07) is 11.6. The van der Waals surface area contributed by atoms with E-state index in [0.717, 1.165) is 25.4 Å². The van der Waals surface area contributed by atoms with Crippen LogP contribution in [0.3, 0.4) is 0 Å². The summed E-state index contributed by atoms with van der Waals surface area (Å²) in [4.78, 5) is 0. The third-order valence-corrected chi connectivity index (χ3v) is 4.28. The maximum absolute atomic E-state index is 5.64. The van der Waals surface area contributed by atoms with E-state index in [4.69, 9.17) is 5.73 Å². The third-order valence-electron chi connectivity index (χ3n) is 4.28. The molecule has 1 aliphatic carbocycles. The summed E-state index contributed by atoms with van der Waals surface area (Å²) in [5.74, 6) is 0.748. The van der Waals surface area contributed by atoms with E-state index in [-0.39, 0.29) is 0 Å². The molecular formula is C17H28N2. The summed E-state index contributed by atoms with van der Waals surface area (Å²) in [6.45, 7) is 6.59. The summed E-state index contributed by atoms with van der Waals surface area (Å²) in [7, 11) is 0. The second kappa shape index (κ2) is 6.53. The third kappa shape index (κ3) is 4.63. The van der Waals surface area contributed by atoms with E-state index in [1.165, 1.54) is 24.8 Å². The predicted molar refractivity (Wildman–Crippen MR) is 82.3 cm³/mol. The topological polar surface area (TPSA) is 38.0 Å². The highest BCUT2D eigenvalue weighted by atomic mass is 15.0. The van der Waals surface area contributed by atoms with Crippen LogP contribution in [0.2, 0.25) is 0 Å². The van der Waals surface area contributed by atoms with Crippen molar-refractivity contribution in [1.82, 2.24) is 5.32 Å². The van der Waals surface area contributed by atoms with Gasteiger partial charge in [0.25, 0.3) is 0 Å². The molecule has 1 aromatic carbocycles. The zero-order chi connectivity index (χ0) is 13.7. The molecule has 0 bridgehead atoms. The lowest BCUT2D eigenvalue weighted by Crippen LogP contribution is -2.22. The molecule has 0 aliphatic heterocycles. The molecular weight excluding hydrogens is 232 g/mol. The first-order valence-corrected chi connectivity index (χ1v) is 7.61. The number of nitrogens with one attached hydrogen (secondary N) is 1. The molecule has 2 atom stereocenters. The van der Waals surface area contributed by atoms with Gasteiger partial charge in [-0.25, -0.2) is 0 Å². The van der Waals surface area contributed by atoms with Crippen LogP contribution >= 0.6 is 0 Å². The van der Waals surface area contributed by atoms with E-state index < -0.39 is 0 Å². The molecule has 0 saturated heterocycles. The maximum atomic E-state index is 5.64. The second-order valence-electron chi connectivity index (χ2n) is 6.62. The Hall–Kier alpha value is -0.860. The lowest BCUT2D eigenvalue weighted by atomic mass is 9.84. The van der Waals surface area contributed by atoms with Gasteiger partial charge in [0.2, 0.25) is 0 Å². The molecule has 0 heterocycles. The van der Waals surface area contributed by atoms with Crippen LogP contribution in [-0.2, 0) is 0 Å². The lowest BCUT2D eigenvalue weighted by molar-refractivity contribution is 0.302. The van der Waals surface area contributed by atoms with Crippen LogP contribution in [0, 0.1) is 5.41 Å². The van der Waals surface area contributed by atoms with Crippen molar-refractivity contribution in [3.8, 4) is 0 Å². The van der Waals surface area contributed by atoms with Crippen molar-refractivity contribution in [1.29, 1.82) is 0 Å². The van der Waals surface area contributed by atoms with Crippen molar-refractivity contribution >= 4 is 0 Å². The molecule has 2 unspecified atom stereocenters. The van der Waals surface area contributed by atoms with E-state index in [2.05, 4.69) is 49.5 Å². The second-order valence-corrected chi connectivity index (χ2v) is 6.62. The first kappa shape index (κ1) is 14.5. The molecule has 1 aliphatic rings. The number of hydrogen-bond donors (Lipinski definition) is 2. The van der Waals surface area contributed by atoms with E-state index in [1.54, 1.807) is 0 Å². The number of benzene rings is 1. The van der Waals surface area contributed by atoms with Gasteiger partial charge in [-0.3, -0.25) is 0 Å². The van der Waals surface area contributed by atoms with E-state index in [0.29, 0.717) is 11.5 Å². The van der Waals surface area contributed by atoms with Crippen molar-refractivity contribution in [3.63, 3.8) is 0 Å². The first-order chi connectivity index (χ1) is 9.12. The van der Waals surface area contributed by atoms with Crippen molar-refractivity contribution in [2.75, 3.05) is 13.1 Å². The molecule has 19 heavy (non-hydrogen) atoms. The standard InChI is InChI=1S/C17H28N2/c1-17(2,10-11-18)9-6-12-19-16-13-15(16)14-7-4-3-5-8-14/h3-5,7-8,15-16,19H,6,9-13,18H2,1-2H3. The molecule has 1 aromatic rings. The lowest BCUT2D eigenvalue weighted by Gasteiger charge is -2.23. The molecule has 0 spiro atoms. The molecule has 0 aromatic heterocycles. The number of nitrogens with two attached hydrogens (primary N) is 1. The van der Waals surface area contributed by atoms with Gasteiger partial charge in [-0.15, -0.1) is 0 Å². The molecule has 0 radical (unpaired) electrons. The zero-order valence-corrected chi connectivity index (χ0v) is 12.4. The Balaban J connectivity index is 1.61. The van der Waals surface area contributed by atoms with Gasteiger partial charge in [-0.1, -0.05) is 44.2 Å². The highest BCUT2D eigenvalue weighted by molar-refractivity contribution is 5.27. The first-order valence-electron chi connectivity index (χ1n) is 7.61. The number of hydrogen-bond acceptors (Lipinski definition) is 2. The largest absolute Gasteiger partial charge is 0.330 e. The molecule has 2 heteroatoms. The van der Waals surface area contributed by atoms with Crippen LogP contribution < -0.4 is 11.1 Å². The van der Waals surface area contributed by atoms with E-state index >= 15 is 0 Å². The van der Waals surface area contributed by atoms with Crippen LogP contribution in [0.5, 0.6) is 0 Å². The Kier molecular flexibility index (Phi) is 5.00. The summed E-state index contributed by atoms with van der Waals surface area (Å²) < 4.78 is 0. The Morgan fingerprint density at radius 1 is 1.21 bits per heavy atom. The predicted octanol–water partition coefficient (Wildman–Crippen LogP) is 3.29. The Morgan fingerprint density at radius 3 is 2.63 bits per heavy atom. The minimum atomic E-state index is 0.402. The minimum absolute atomic E-state index is 0.402.